The fraction of sp³-hybridized carbons (Fsp3) is 0.364. The van der Waals surface area contributed by atoms with E-state index in [0.29, 0.717) is 5.88 Å². The normalized spacial score (nSPS) is 11.3. The van der Waals surface area contributed by atoms with E-state index in [1.165, 1.54) is 4.88 Å². The fourth-order valence-electron chi connectivity index (χ4n) is 1.47. The summed E-state index contributed by atoms with van der Waals surface area (Å²) in [6, 6.07) is 2.16. The molecule has 0 aliphatic carbocycles. The van der Waals surface area contributed by atoms with Gasteiger partial charge in [0.2, 0.25) is 0 Å². The van der Waals surface area contributed by atoms with Gasteiger partial charge in [0.15, 0.2) is 0 Å². The molecule has 0 bridgehead atoms. The molecule has 6 heteroatoms. The molecule has 92 valence electrons. The number of halogens is 2. The van der Waals surface area contributed by atoms with Crippen molar-refractivity contribution >= 4 is 50.2 Å². The Balaban J connectivity index is 1.90. The van der Waals surface area contributed by atoms with Gasteiger partial charge >= 0.3 is 0 Å². The Morgan fingerprint density at radius 1 is 1.35 bits per heavy atom. The monoisotopic (exact) mass is 350 g/mol. The summed E-state index contributed by atoms with van der Waals surface area (Å²) in [5.41, 5.74) is 0.971. The molecule has 0 spiro atoms. The van der Waals surface area contributed by atoms with Crippen molar-refractivity contribution < 1.29 is 0 Å². The molecular weight excluding hydrogens is 340 g/mol. The Bertz CT molecular complexity index is 483. The van der Waals surface area contributed by atoms with Gasteiger partial charge in [-0.15, -0.1) is 34.3 Å². The predicted octanol–water partition coefficient (Wildman–Crippen LogP) is 4.34. The summed E-state index contributed by atoms with van der Waals surface area (Å²) in [7, 11) is 2.11. The van der Waals surface area contributed by atoms with Crippen LogP contribution in [0, 0.1) is 0 Å². The molecule has 2 rings (SSSR count). The quantitative estimate of drug-likeness (QED) is 0.745. The van der Waals surface area contributed by atoms with E-state index in [2.05, 4.69) is 44.3 Å². The maximum absolute atomic E-state index is 5.74. The largest absolute Gasteiger partial charge is 0.295 e. The zero-order chi connectivity index (χ0) is 12.3. The number of nitrogens with zero attached hydrogens (tertiary/aromatic N) is 2. The second-order valence-corrected chi connectivity index (χ2v) is 6.89. The van der Waals surface area contributed by atoms with Crippen molar-refractivity contribution in [2.24, 2.45) is 0 Å². The van der Waals surface area contributed by atoms with Crippen LogP contribution in [0.4, 0.5) is 0 Å². The van der Waals surface area contributed by atoms with E-state index in [0.717, 1.165) is 28.3 Å². The molecule has 2 nitrogen and oxygen atoms in total. The molecular formula is C11H12BrClN2S2. The lowest BCUT2D eigenvalue weighted by Gasteiger charge is -2.13. The highest BCUT2D eigenvalue weighted by Gasteiger charge is 2.07. The Labute approximate surface area is 122 Å². The second-order valence-electron chi connectivity index (χ2n) is 3.77. The molecule has 0 aromatic carbocycles. The van der Waals surface area contributed by atoms with E-state index in [-0.39, 0.29) is 0 Å². The van der Waals surface area contributed by atoms with E-state index in [4.69, 9.17) is 11.6 Å². The summed E-state index contributed by atoms with van der Waals surface area (Å²) in [5.74, 6) is 0.498. The van der Waals surface area contributed by atoms with E-state index >= 15 is 0 Å². The molecule has 0 aliphatic heterocycles. The first-order valence-corrected chi connectivity index (χ1v) is 8.16. The van der Waals surface area contributed by atoms with Gasteiger partial charge in [-0.25, -0.2) is 4.98 Å². The van der Waals surface area contributed by atoms with Crippen molar-refractivity contribution in [3.05, 3.63) is 36.9 Å². The van der Waals surface area contributed by atoms with Crippen LogP contribution in [0.3, 0.4) is 0 Å². The number of hydrogen-bond acceptors (Lipinski definition) is 4. The van der Waals surface area contributed by atoms with Gasteiger partial charge in [0.25, 0.3) is 0 Å². The van der Waals surface area contributed by atoms with Gasteiger partial charge in [0, 0.05) is 26.7 Å². The van der Waals surface area contributed by atoms with Crippen LogP contribution in [-0.2, 0) is 19.0 Å². The maximum Gasteiger partial charge on any atom is 0.107 e. The van der Waals surface area contributed by atoms with Crippen LogP contribution in [-0.4, -0.2) is 16.9 Å². The van der Waals surface area contributed by atoms with Gasteiger partial charge in [-0.2, -0.15) is 0 Å². The summed E-state index contributed by atoms with van der Waals surface area (Å²) >= 11 is 12.7. The lowest BCUT2D eigenvalue weighted by atomic mass is 10.4. The van der Waals surface area contributed by atoms with Crippen molar-refractivity contribution in [1.29, 1.82) is 0 Å². The molecule has 0 radical (unpaired) electrons. The van der Waals surface area contributed by atoms with Gasteiger partial charge in [-0.3, -0.25) is 4.90 Å². The lowest BCUT2D eigenvalue weighted by molar-refractivity contribution is 0.321. The zero-order valence-corrected chi connectivity index (χ0v) is 13.3. The Kier molecular flexibility index (Phi) is 4.99. The molecule has 2 aromatic heterocycles. The standard InChI is InChI=1S/C11H12BrClN2S2/c1-15(4-10-2-8(12)6-16-10)5-11-14-9(3-13)7-17-11/h2,6-7H,3-5H2,1H3. The topological polar surface area (TPSA) is 16.1 Å². The Hall–Kier alpha value is 0.0600. The van der Waals surface area contributed by atoms with Crippen LogP contribution in [0.15, 0.2) is 21.3 Å². The van der Waals surface area contributed by atoms with E-state index in [1.54, 1.807) is 22.7 Å². The molecule has 0 fully saturated rings. The number of thiophene rings is 1. The van der Waals surface area contributed by atoms with E-state index in [1.807, 2.05) is 5.38 Å². The van der Waals surface area contributed by atoms with Crippen LogP contribution < -0.4 is 0 Å². The smallest absolute Gasteiger partial charge is 0.107 e. The third-order valence-electron chi connectivity index (χ3n) is 2.19. The molecule has 0 N–H and O–H groups in total. The molecule has 0 atom stereocenters. The Morgan fingerprint density at radius 2 is 2.18 bits per heavy atom. The summed E-state index contributed by atoms with van der Waals surface area (Å²) < 4.78 is 1.16. The SMILES string of the molecule is CN(Cc1cc(Br)cs1)Cc1nc(CCl)cs1. The van der Waals surface area contributed by atoms with E-state index in [9.17, 15) is 0 Å². The molecule has 2 aromatic rings. The average Bonchev–Trinajstić information content (AvgIpc) is 2.88. The van der Waals surface area contributed by atoms with Gasteiger partial charge in [0.1, 0.15) is 5.01 Å². The van der Waals surface area contributed by atoms with E-state index < -0.39 is 0 Å². The first-order chi connectivity index (χ1) is 8.17. The number of alkyl halides is 1. The molecule has 0 unspecified atom stereocenters. The minimum Gasteiger partial charge on any atom is -0.295 e. The van der Waals surface area contributed by atoms with Crippen molar-refractivity contribution in [2.45, 2.75) is 19.0 Å². The summed E-state index contributed by atoms with van der Waals surface area (Å²) in [6.45, 7) is 1.82. The predicted molar refractivity (Wildman–Crippen MR) is 78.9 cm³/mol. The van der Waals surface area contributed by atoms with Crippen LogP contribution in [0.2, 0.25) is 0 Å². The minimum atomic E-state index is 0.498. The third kappa shape index (κ3) is 4.03. The fourth-order valence-corrected chi connectivity index (χ4v) is 4.10. The van der Waals surface area contributed by atoms with Gasteiger partial charge < -0.3 is 0 Å². The van der Waals surface area contributed by atoms with Crippen molar-refractivity contribution in [3.8, 4) is 0 Å². The minimum absolute atomic E-state index is 0.498. The van der Waals surface area contributed by atoms with Crippen LogP contribution in [0.5, 0.6) is 0 Å². The lowest BCUT2D eigenvalue weighted by Crippen LogP contribution is -2.16. The van der Waals surface area contributed by atoms with Crippen molar-refractivity contribution in [2.75, 3.05) is 7.05 Å². The summed E-state index contributed by atoms with van der Waals surface area (Å²) in [4.78, 5) is 8.07. The van der Waals surface area contributed by atoms with Gasteiger partial charge in [-0.1, -0.05) is 0 Å². The molecule has 0 saturated carbocycles. The highest BCUT2D eigenvalue weighted by molar-refractivity contribution is 9.10. The highest BCUT2D eigenvalue weighted by atomic mass is 79.9. The average molecular weight is 352 g/mol. The van der Waals surface area contributed by atoms with Gasteiger partial charge in [0.05, 0.1) is 18.1 Å². The molecule has 0 aliphatic rings. The first kappa shape index (κ1) is 13.5. The highest BCUT2D eigenvalue weighted by Crippen LogP contribution is 2.21. The zero-order valence-electron chi connectivity index (χ0n) is 9.32. The summed E-state index contributed by atoms with van der Waals surface area (Å²) in [5, 5.41) is 5.26. The number of hydrogen-bond donors (Lipinski definition) is 0. The number of thiazole rings is 1. The number of aromatic nitrogens is 1. The van der Waals surface area contributed by atoms with Gasteiger partial charge in [-0.05, 0) is 29.0 Å². The first-order valence-electron chi connectivity index (χ1n) is 5.08. The summed E-state index contributed by atoms with van der Waals surface area (Å²) in [6.07, 6.45) is 0. The molecule has 0 amide bonds. The maximum atomic E-state index is 5.74. The molecule has 17 heavy (non-hydrogen) atoms. The van der Waals surface area contributed by atoms with Crippen LogP contribution in [0.1, 0.15) is 15.6 Å². The second kappa shape index (κ2) is 6.29. The Morgan fingerprint density at radius 3 is 2.76 bits per heavy atom. The van der Waals surface area contributed by atoms with Crippen molar-refractivity contribution in [1.82, 2.24) is 9.88 Å². The van der Waals surface area contributed by atoms with Crippen LogP contribution >= 0.6 is 50.2 Å². The van der Waals surface area contributed by atoms with Crippen molar-refractivity contribution in [3.63, 3.8) is 0 Å². The number of rotatable bonds is 5. The van der Waals surface area contributed by atoms with Crippen LogP contribution in [0.25, 0.3) is 0 Å². The molecule has 2 heterocycles. The molecule has 0 saturated heterocycles. The third-order valence-corrected chi connectivity index (χ3v) is 5.03.